The van der Waals surface area contributed by atoms with E-state index in [9.17, 15) is 13.2 Å². The van der Waals surface area contributed by atoms with Gasteiger partial charge in [-0.3, -0.25) is 4.79 Å². The third-order valence-electron chi connectivity index (χ3n) is 6.16. The summed E-state index contributed by atoms with van der Waals surface area (Å²) in [5.74, 6) is -0.241. The summed E-state index contributed by atoms with van der Waals surface area (Å²) in [6.07, 6.45) is 5.83. The minimum atomic E-state index is -3.75. The SMILES string of the molecule is C[C@@H](NC(=O)[C@H]1CCCN1S(=O)(=O)c1ccc(Cl)cc1)c1ccc2c(c1)CCCC2. The molecule has 1 saturated heterocycles. The zero-order valence-corrected chi connectivity index (χ0v) is 18.7. The Morgan fingerprint density at radius 3 is 2.50 bits per heavy atom. The quantitative estimate of drug-likeness (QED) is 0.746. The highest BCUT2D eigenvalue weighted by atomic mass is 35.5. The van der Waals surface area contributed by atoms with E-state index in [1.807, 2.05) is 6.92 Å². The first-order valence-electron chi connectivity index (χ1n) is 10.6. The lowest BCUT2D eigenvalue weighted by atomic mass is 9.89. The second kappa shape index (κ2) is 8.69. The van der Waals surface area contributed by atoms with Crippen molar-refractivity contribution >= 4 is 27.5 Å². The van der Waals surface area contributed by atoms with Crippen molar-refractivity contribution in [2.24, 2.45) is 0 Å². The van der Waals surface area contributed by atoms with Crippen molar-refractivity contribution < 1.29 is 13.2 Å². The first-order valence-corrected chi connectivity index (χ1v) is 12.4. The van der Waals surface area contributed by atoms with Gasteiger partial charge in [-0.1, -0.05) is 29.8 Å². The fourth-order valence-electron chi connectivity index (χ4n) is 4.45. The Bertz CT molecular complexity index is 1040. The lowest BCUT2D eigenvalue weighted by molar-refractivity contribution is -0.124. The molecule has 2 aliphatic rings. The molecule has 30 heavy (non-hydrogen) atoms. The number of carbonyl (C=O) groups excluding carboxylic acids is 1. The summed E-state index contributed by atoms with van der Waals surface area (Å²) in [4.78, 5) is 13.2. The van der Waals surface area contributed by atoms with E-state index in [0.29, 0.717) is 24.4 Å². The zero-order chi connectivity index (χ0) is 21.3. The zero-order valence-electron chi connectivity index (χ0n) is 17.1. The van der Waals surface area contributed by atoms with Gasteiger partial charge in [-0.2, -0.15) is 4.31 Å². The predicted molar refractivity (Wildman–Crippen MR) is 118 cm³/mol. The number of aryl methyl sites for hydroxylation is 2. The van der Waals surface area contributed by atoms with Gasteiger partial charge in [0.1, 0.15) is 6.04 Å². The first-order chi connectivity index (χ1) is 14.4. The summed E-state index contributed by atoms with van der Waals surface area (Å²) >= 11 is 5.89. The minimum Gasteiger partial charge on any atom is -0.348 e. The van der Waals surface area contributed by atoms with Crippen molar-refractivity contribution in [2.45, 2.75) is 62.4 Å². The second-order valence-corrected chi connectivity index (χ2v) is 10.5. The van der Waals surface area contributed by atoms with E-state index in [4.69, 9.17) is 11.6 Å². The van der Waals surface area contributed by atoms with Gasteiger partial charge in [-0.05, 0) is 86.4 Å². The number of benzene rings is 2. The van der Waals surface area contributed by atoms with Gasteiger partial charge in [-0.25, -0.2) is 8.42 Å². The van der Waals surface area contributed by atoms with Gasteiger partial charge in [-0.15, -0.1) is 0 Å². The summed E-state index contributed by atoms with van der Waals surface area (Å²) in [6.45, 7) is 2.30. The predicted octanol–water partition coefficient (Wildman–Crippen LogP) is 4.25. The molecule has 0 unspecified atom stereocenters. The van der Waals surface area contributed by atoms with Gasteiger partial charge < -0.3 is 5.32 Å². The number of rotatable bonds is 5. The fourth-order valence-corrected chi connectivity index (χ4v) is 6.23. The van der Waals surface area contributed by atoms with Crippen LogP contribution in [0.2, 0.25) is 5.02 Å². The molecule has 1 amide bonds. The summed E-state index contributed by atoms with van der Waals surface area (Å²) in [7, 11) is -3.75. The molecule has 0 spiro atoms. The van der Waals surface area contributed by atoms with Crippen molar-refractivity contribution in [3.63, 3.8) is 0 Å². The number of hydrogen-bond donors (Lipinski definition) is 1. The van der Waals surface area contributed by atoms with Crippen LogP contribution in [0, 0.1) is 0 Å². The number of amides is 1. The van der Waals surface area contributed by atoms with Gasteiger partial charge in [0.15, 0.2) is 0 Å². The maximum Gasteiger partial charge on any atom is 0.243 e. The third-order valence-corrected chi connectivity index (χ3v) is 8.33. The van der Waals surface area contributed by atoms with Crippen LogP contribution in [0.5, 0.6) is 0 Å². The number of halogens is 1. The van der Waals surface area contributed by atoms with Crippen LogP contribution in [0.1, 0.15) is 55.3 Å². The van der Waals surface area contributed by atoms with Crippen LogP contribution < -0.4 is 5.32 Å². The van der Waals surface area contributed by atoms with Crippen LogP contribution in [0.15, 0.2) is 47.4 Å². The van der Waals surface area contributed by atoms with Gasteiger partial charge in [0.05, 0.1) is 10.9 Å². The second-order valence-electron chi connectivity index (χ2n) is 8.19. The van der Waals surface area contributed by atoms with Crippen LogP contribution in [-0.4, -0.2) is 31.2 Å². The molecule has 160 valence electrons. The molecule has 1 aliphatic carbocycles. The van der Waals surface area contributed by atoms with Crippen LogP contribution >= 0.6 is 11.6 Å². The van der Waals surface area contributed by atoms with Crippen molar-refractivity contribution in [2.75, 3.05) is 6.54 Å². The molecule has 1 N–H and O–H groups in total. The molecule has 2 aromatic rings. The van der Waals surface area contributed by atoms with E-state index in [0.717, 1.165) is 18.4 Å². The van der Waals surface area contributed by atoms with E-state index in [1.54, 1.807) is 12.1 Å². The van der Waals surface area contributed by atoms with Crippen LogP contribution in [0.3, 0.4) is 0 Å². The van der Waals surface area contributed by atoms with Gasteiger partial charge in [0, 0.05) is 11.6 Å². The Balaban J connectivity index is 1.49. The topological polar surface area (TPSA) is 66.5 Å². The largest absolute Gasteiger partial charge is 0.348 e. The molecule has 0 aromatic heterocycles. The van der Waals surface area contributed by atoms with Crippen LogP contribution in [0.25, 0.3) is 0 Å². The van der Waals surface area contributed by atoms with Crippen molar-refractivity contribution in [3.05, 3.63) is 64.2 Å². The minimum absolute atomic E-state index is 0.161. The number of hydrogen-bond acceptors (Lipinski definition) is 3. The summed E-state index contributed by atoms with van der Waals surface area (Å²) in [5, 5.41) is 3.52. The highest BCUT2D eigenvalue weighted by Gasteiger charge is 2.39. The molecule has 4 rings (SSSR count). The Kier molecular flexibility index (Phi) is 6.19. The molecule has 2 atom stereocenters. The molecule has 7 heteroatoms. The Morgan fingerprint density at radius 2 is 1.77 bits per heavy atom. The van der Waals surface area contributed by atoms with Crippen LogP contribution in [-0.2, 0) is 27.7 Å². The highest BCUT2D eigenvalue weighted by Crippen LogP contribution is 2.28. The number of nitrogens with zero attached hydrogens (tertiary/aromatic N) is 1. The Hall–Kier alpha value is -1.89. The van der Waals surface area contributed by atoms with Gasteiger partial charge in [0.2, 0.25) is 15.9 Å². The number of fused-ring (bicyclic) bond motifs is 1. The number of carbonyl (C=O) groups is 1. The van der Waals surface area contributed by atoms with Gasteiger partial charge in [0.25, 0.3) is 0 Å². The summed E-state index contributed by atoms with van der Waals surface area (Å²) < 4.78 is 27.5. The van der Waals surface area contributed by atoms with E-state index in [-0.39, 0.29) is 16.8 Å². The highest BCUT2D eigenvalue weighted by molar-refractivity contribution is 7.89. The van der Waals surface area contributed by atoms with E-state index in [2.05, 4.69) is 23.5 Å². The van der Waals surface area contributed by atoms with Crippen molar-refractivity contribution in [1.82, 2.24) is 9.62 Å². The van der Waals surface area contributed by atoms with Crippen molar-refractivity contribution in [3.8, 4) is 0 Å². The molecule has 0 saturated carbocycles. The fraction of sp³-hybridized carbons (Fsp3) is 0.435. The smallest absolute Gasteiger partial charge is 0.243 e. The molecule has 0 bridgehead atoms. The van der Waals surface area contributed by atoms with Crippen LogP contribution in [0.4, 0.5) is 0 Å². The number of sulfonamides is 1. The molecule has 1 fully saturated rings. The van der Waals surface area contributed by atoms with E-state index in [1.165, 1.54) is 40.4 Å². The average molecular weight is 447 g/mol. The third kappa shape index (κ3) is 4.27. The molecule has 0 radical (unpaired) electrons. The molecule has 5 nitrogen and oxygen atoms in total. The average Bonchev–Trinajstić information content (AvgIpc) is 3.25. The molecular weight excluding hydrogens is 420 g/mol. The van der Waals surface area contributed by atoms with E-state index >= 15 is 0 Å². The maximum absolute atomic E-state index is 13.1. The standard InChI is InChI=1S/C23H27ClN2O3S/c1-16(18-9-8-17-5-2-3-6-19(17)15-18)25-23(27)22-7-4-14-26(22)30(28,29)21-12-10-20(24)11-13-21/h8-13,15-16,22H,2-7,14H2,1H3,(H,25,27)/t16-,22-/m1/s1. The maximum atomic E-state index is 13.1. The first kappa shape index (κ1) is 21.3. The summed E-state index contributed by atoms with van der Waals surface area (Å²) in [5.41, 5.74) is 3.83. The lowest BCUT2D eigenvalue weighted by Crippen LogP contribution is -2.46. The Morgan fingerprint density at radius 1 is 1.07 bits per heavy atom. The van der Waals surface area contributed by atoms with E-state index < -0.39 is 16.1 Å². The molecule has 1 aliphatic heterocycles. The van der Waals surface area contributed by atoms with Crippen molar-refractivity contribution in [1.29, 1.82) is 0 Å². The lowest BCUT2D eigenvalue weighted by Gasteiger charge is -2.26. The molecular formula is C23H27ClN2O3S. The molecule has 1 heterocycles. The number of nitrogens with one attached hydrogen (secondary N) is 1. The Labute approximate surface area is 183 Å². The summed E-state index contributed by atoms with van der Waals surface area (Å²) in [6, 6.07) is 11.6. The molecule has 2 aromatic carbocycles. The monoisotopic (exact) mass is 446 g/mol. The van der Waals surface area contributed by atoms with Gasteiger partial charge >= 0.3 is 0 Å². The normalized spacial score (nSPS) is 20.5.